The summed E-state index contributed by atoms with van der Waals surface area (Å²) in [5, 5.41) is 21.5. The van der Waals surface area contributed by atoms with Crippen LogP contribution in [0.3, 0.4) is 0 Å². The van der Waals surface area contributed by atoms with E-state index < -0.39 is 62.6 Å². The number of hydrogen-bond donors (Lipinski definition) is 1. The fourth-order valence-electron chi connectivity index (χ4n) is 4.83. The fraction of sp³-hybridized carbons (Fsp3) is 0.231. The lowest BCUT2D eigenvalue weighted by Crippen LogP contribution is -2.42. The Hall–Kier alpha value is -3.93. The number of nitrogens with zero attached hydrogens (tertiary/aromatic N) is 2. The summed E-state index contributed by atoms with van der Waals surface area (Å²) in [5.74, 6) is -1.48. The van der Waals surface area contributed by atoms with Crippen LogP contribution in [0.4, 0.5) is 5.69 Å². The Balaban J connectivity index is 1.32. The van der Waals surface area contributed by atoms with Gasteiger partial charge in [0, 0.05) is 24.6 Å². The summed E-state index contributed by atoms with van der Waals surface area (Å²) in [5.41, 5.74) is 3.93. The van der Waals surface area contributed by atoms with Gasteiger partial charge in [0.2, 0.25) is 0 Å². The SMILES string of the molecule is O=C(COC(=O)[C@@H]1C[C@@H](O)CN1S(=O)(=O)c1ccccc1[N+](=O)[O-])c1ccc2c(c1)-c1ccccc1C2. The van der Waals surface area contributed by atoms with Gasteiger partial charge in [-0.25, -0.2) is 8.42 Å². The molecule has 1 saturated heterocycles. The minimum Gasteiger partial charge on any atom is -0.456 e. The Morgan fingerprint density at radius 1 is 1.03 bits per heavy atom. The van der Waals surface area contributed by atoms with Gasteiger partial charge in [-0.2, -0.15) is 4.31 Å². The maximum absolute atomic E-state index is 13.2. The largest absolute Gasteiger partial charge is 0.456 e. The van der Waals surface area contributed by atoms with Gasteiger partial charge in [0.05, 0.1) is 11.0 Å². The van der Waals surface area contributed by atoms with Crippen molar-refractivity contribution in [2.45, 2.75) is 29.9 Å². The smallest absolute Gasteiger partial charge is 0.325 e. The van der Waals surface area contributed by atoms with E-state index in [-0.39, 0.29) is 6.42 Å². The van der Waals surface area contributed by atoms with Crippen molar-refractivity contribution < 1.29 is 32.8 Å². The highest BCUT2D eigenvalue weighted by molar-refractivity contribution is 7.89. The molecular formula is C26H22N2O8S. The Labute approximate surface area is 212 Å². The Morgan fingerprint density at radius 3 is 2.51 bits per heavy atom. The summed E-state index contributed by atoms with van der Waals surface area (Å²) in [7, 11) is -4.52. The van der Waals surface area contributed by atoms with E-state index in [0.29, 0.717) is 9.87 Å². The summed E-state index contributed by atoms with van der Waals surface area (Å²) in [6, 6.07) is 16.5. The summed E-state index contributed by atoms with van der Waals surface area (Å²) >= 11 is 0. The topological polar surface area (TPSA) is 144 Å². The van der Waals surface area contributed by atoms with Crippen molar-refractivity contribution in [1.82, 2.24) is 4.31 Å². The molecule has 0 aromatic heterocycles. The second-order valence-corrected chi connectivity index (χ2v) is 10.8. The molecule has 2 atom stereocenters. The lowest BCUT2D eigenvalue weighted by molar-refractivity contribution is -0.387. The number of Topliss-reactive ketones (excluding diaryl/α,β-unsaturated/α-hetero) is 1. The number of esters is 1. The van der Waals surface area contributed by atoms with Crippen LogP contribution in [0.15, 0.2) is 71.6 Å². The predicted molar refractivity (Wildman–Crippen MR) is 131 cm³/mol. The molecule has 11 heteroatoms. The van der Waals surface area contributed by atoms with Crippen molar-refractivity contribution in [2.75, 3.05) is 13.2 Å². The van der Waals surface area contributed by atoms with Gasteiger partial charge >= 0.3 is 5.97 Å². The minimum absolute atomic E-state index is 0.261. The van der Waals surface area contributed by atoms with E-state index in [2.05, 4.69) is 0 Å². The standard InChI is InChI=1S/C26H22N2O8S/c29-19-13-23(27(14-19)37(34,35)25-8-4-3-7-22(25)28(32)33)26(31)36-15-24(30)18-10-9-17-11-16-5-1-2-6-20(16)21(17)12-18/h1-10,12,19,23,29H,11,13-15H2/t19-,23+/m1/s1. The highest BCUT2D eigenvalue weighted by Crippen LogP contribution is 2.37. The molecule has 3 aromatic rings. The van der Waals surface area contributed by atoms with Gasteiger partial charge in [-0.3, -0.25) is 19.7 Å². The van der Waals surface area contributed by atoms with Crippen molar-refractivity contribution in [3.05, 3.63) is 93.5 Å². The van der Waals surface area contributed by atoms with Crippen molar-refractivity contribution in [3.8, 4) is 11.1 Å². The molecule has 0 unspecified atom stereocenters. The molecule has 37 heavy (non-hydrogen) atoms. The number of ether oxygens (including phenoxy) is 1. The van der Waals surface area contributed by atoms with E-state index in [0.717, 1.165) is 40.8 Å². The molecule has 2 aliphatic rings. The Morgan fingerprint density at radius 2 is 1.73 bits per heavy atom. The third-order valence-corrected chi connectivity index (χ3v) is 8.54. The van der Waals surface area contributed by atoms with Gasteiger partial charge in [-0.05, 0) is 40.8 Å². The van der Waals surface area contributed by atoms with E-state index in [1.165, 1.54) is 12.1 Å². The highest BCUT2D eigenvalue weighted by Gasteiger charge is 2.46. The molecule has 10 nitrogen and oxygen atoms in total. The van der Waals surface area contributed by atoms with Crippen LogP contribution in [0.1, 0.15) is 27.9 Å². The van der Waals surface area contributed by atoms with Crippen LogP contribution in [0.25, 0.3) is 11.1 Å². The lowest BCUT2D eigenvalue weighted by Gasteiger charge is -2.22. The fourth-order valence-corrected chi connectivity index (χ4v) is 6.62. The van der Waals surface area contributed by atoms with Crippen molar-refractivity contribution in [2.24, 2.45) is 0 Å². The van der Waals surface area contributed by atoms with E-state index in [1.807, 2.05) is 30.3 Å². The number of carbonyl (C=O) groups is 2. The first-order valence-electron chi connectivity index (χ1n) is 11.5. The molecule has 0 spiro atoms. The molecule has 1 aliphatic heterocycles. The zero-order valence-electron chi connectivity index (χ0n) is 19.4. The summed E-state index contributed by atoms with van der Waals surface area (Å²) < 4.78 is 32.3. The number of rotatable bonds is 7. The summed E-state index contributed by atoms with van der Waals surface area (Å²) in [6.45, 7) is -1.06. The molecule has 1 aliphatic carbocycles. The number of ketones is 1. The third-order valence-electron chi connectivity index (χ3n) is 6.62. The molecule has 1 fully saturated rings. The van der Waals surface area contributed by atoms with Crippen LogP contribution < -0.4 is 0 Å². The number of benzene rings is 3. The van der Waals surface area contributed by atoms with E-state index in [9.17, 15) is 33.2 Å². The number of β-amino-alcohol motifs (C(OH)–C–C–N with tert-alkyl or cyclic N) is 1. The molecule has 1 N–H and O–H groups in total. The van der Waals surface area contributed by atoms with Crippen molar-refractivity contribution >= 4 is 27.5 Å². The summed E-state index contributed by atoms with van der Waals surface area (Å²) in [4.78, 5) is 35.6. The molecule has 0 radical (unpaired) electrons. The van der Waals surface area contributed by atoms with E-state index in [1.54, 1.807) is 12.1 Å². The number of sulfonamides is 1. The second kappa shape index (κ2) is 9.51. The number of aliphatic hydroxyl groups excluding tert-OH is 1. The highest BCUT2D eigenvalue weighted by atomic mass is 32.2. The normalized spacial score (nSPS) is 18.7. The van der Waals surface area contributed by atoms with Crippen LogP contribution >= 0.6 is 0 Å². The average molecular weight is 523 g/mol. The first-order chi connectivity index (χ1) is 17.7. The molecule has 3 aromatic carbocycles. The molecule has 0 amide bonds. The van der Waals surface area contributed by atoms with Gasteiger partial charge in [0.25, 0.3) is 15.7 Å². The molecule has 190 valence electrons. The third kappa shape index (κ3) is 4.52. The maximum Gasteiger partial charge on any atom is 0.325 e. The zero-order valence-corrected chi connectivity index (χ0v) is 20.3. The van der Waals surface area contributed by atoms with Crippen molar-refractivity contribution in [3.63, 3.8) is 0 Å². The number of aliphatic hydroxyl groups is 1. The average Bonchev–Trinajstić information content (AvgIpc) is 3.47. The Bertz CT molecular complexity index is 1540. The van der Waals surface area contributed by atoms with Crippen LogP contribution in [-0.4, -0.2) is 59.8 Å². The van der Waals surface area contributed by atoms with E-state index >= 15 is 0 Å². The second-order valence-electron chi connectivity index (χ2n) is 8.94. The first-order valence-corrected chi connectivity index (χ1v) is 12.9. The monoisotopic (exact) mass is 522 g/mol. The minimum atomic E-state index is -4.52. The lowest BCUT2D eigenvalue weighted by atomic mass is 10.0. The van der Waals surface area contributed by atoms with Gasteiger partial charge in [0.15, 0.2) is 17.3 Å². The number of carbonyl (C=O) groups excluding carboxylic acids is 2. The van der Waals surface area contributed by atoms with Crippen molar-refractivity contribution in [1.29, 1.82) is 0 Å². The number of nitro benzene ring substituents is 1. The maximum atomic E-state index is 13.2. The molecule has 0 saturated carbocycles. The van der Waals surface area contributed by atoms with Crippen LogP contribution in [0, 0.1) is 10.1 Å². The van der Waals surface area contributed by atoms with Gasteiger partial charge in [0.1, 0.15) is 6.04 Å². The zero-order chi connectivity index (χ0) is 26.3. The van der Waals surface area contributed by atoms with Gasteiger partial charge in [-0.15, -0.1) is 0 Å². The number of nitro groups is 1. The Kier molecular flexibility index (Phi) is 6.36. The van der Waals surface area contributed by atoms with Crippen LogP contribution in [0.5, 0.6) is 0 Å². The number of hydrogen-bond acceptors (Lipinski definition) is 8. The predicted octanol–water partition coefficient (Wildman–Crippen LogP) is 2.72. The molecule has 1 heterocycles. The van der Waals surface area contributed by atoms with E-state index in [4.69, 9.17) is 4.74 Å². The van der Waals surface area contributed by atoms with Gasteiger partial charge < -0.3 is 9.84 Å². The number of para-hydroxylation sites is 1. The quantitative estimate of drug-likeness (QED) is 0.169. The molecule has 5 rings (SSSR count). The van der Waals surface area contributed by atoms with Gasteiger partial charge in [-0.1, -0.05) is 48.5 Å². The van der Waals surface area contributed by atoms with Crippen LogP contribution in [-0.2, 0) is 26.0 Å². The summed E-state index contributed by atoms with van der Waals surface area (Å²) in [6.07, 6.45) is -0.673. The van der Waals surface area contributed by atoms with Crippen LogP contribution in [0.2, 0.25) is 0 Å². The first kappa shape index (κ1) is 24.8. The molecular weight excluding hydrogens is 500 g/mol. The molecule has 0 bridgehead atoms. The number of fused-ring (bicyclic) bond motifs is 3.